The first-order valence-corrected chi connectivity index (χ1v) is 5.88. The van der Waals surface area contributed by atoms with Crippen molar-refractivity contribution in [3.8, 4) is 5.75 Å². The highest BCUT2D eigenvalue weighted by Crippen LogP contribution is 2.21. The molecule has 0 bridgehead atoms. The molecule has 1 aromatic rings. The van der Waals surface area contributed by atoms with Crippen LogP contribution in [0.3, 0.4) is 0 Å². The lowest BCUT2D eigenvalue weighted by Gasteiger charge is -2.19. The van der Waals surface area contributed by atoms with Gasteiger partial charge >= 0.3 is 0 Å². The Bertz CT molecular complexity index is 357. The van der Waals surface area contributed by atoms with Crippen molar-refractivity contribution in [3.05, 3.63) is 29.8 Å². The first kappa shape index (κ1) is 13.9. The maximum absolute atomic E-state index is 13.3. The molecule has 4 heteroatoms. The van der Waals surface area contributed by atoms with Crippen molar-refractivity contribution in [1.29, 1.82) is 0 Å². The smallest absolute Gasteiger partial charge is 0.200 e. The van der Waals surface area contributed by atoms with Crippen molar-refractivity contribution in [3.63, 3.8) is 0 Å². The third-order valence-corrected chi connectivity index (χ3v) is 2.48. The summed E-state index contributed by atoms with van der Waals surface area (Å²) in [5.41, 5.74) is 0. The van der Waals surface area contributed by atoms with Gasteiger partial charge in [-0.1, -0.05) is 13.0 Å². The van der Waals surface area contributed by atoms with Crippen molar-refractivity contribution in [2.45, 2.75) is 39.3 Å². The maximum atomic E-state index is 13.3. The molecule has 2 unspecified atom stereocenters. The van der Waals surface area contributed by atoms with E-state index in [4.69, 9.17) is 4.74 Å². The van der Waals surface area contributed by atoms with Gasteiger partial charge in [0.05, 0.1) is 6.10 Å². The Morgan fingerprint density at radius 1 is 1.29 bits per heavy atom. The van der Waals surface area contributed by atoms with Gasteiger partial charge in [-0.25, -0.2) is 4.39 Å². The van der Waals surface area contributed by atoms with E-state index in [0.717, 1.165) is 19.0 Å². The molecule has 0 aromatic heterocycles. The van der Waals surface area contributed by atoms with Gasteiger partial charge in [-0.2, -0.15) is 4.39 Å². The lowest BCUT2D eigenvalue weighted by molar-refractivity contribution is 0.186. The van der Waals surface area contributed by atoms with Crippen molar-refractivity contribution in [2.24, 2.45) is 0 Å². The summed E-state index contributed by atoms with van der Waals surface area (Å²) in [5, 5.41) is 3.24. The third kappa shape index (κ3) is 4.30. The summed E-state index contributed by atoms with van der Waals surface area (Å²) in [7, 11) is 0. The first-order valence-electron chi connectivity index (χ1n) is 5.88. The topological polar surface area (TPSA) is 21.3 Å². The molecular formula is C13H19F2NO. The zero-order chi connectivity index (χ0) is 12.8. The van der Waals surface area contributed by atoms with Crippen molar-refractivity contribution in [1.82, 2.24) is 5.32 Å². The minimum absolute atomic E-state index is 0.0267. The van der Waals surface area contributed by atoms with Crippen LogP contribution in [0.5, 0.6) is 5.75 Å². The standard InChI is InChI=1S/C13H19F2NO/c1-4-16-9(2)8-10(3)17-12-7-5-6-11(14)13(12)15/h5-7,9-10,16H,4,8H2,1-3H3. The van der Waals surface area contributed by atoms with Gasteiger partial charge in [-0.15, -0.1) is 0 Å². The fourth-order valence-electron chi connectivity index (χ4n) is 1.77. The van der Waals surface area contributed by atoms with Crippen molar-refractivity contribution in [2.75, 3.05) is 6.54 Å². The SMILES string of the molecule is CCNC(C)CC(C)Oc1cccc(F)c1F. The van der Waals surface area contributed by atoms with Crippen LogP contribution in [0, 0.1) is 11.6 Å². The molecule has 0 heterocycles. The monoisotopic (exact) mass is 243 g/mol. The second-order valence-electron chi connectivity index (χ2n) is 4.17. The van der Waals surface area contributed by atoms with E-state index < -0.39 is 11.6 Å². The summed E-state index contributed by atoms with van der Waals surface area (Å²) in [6.07, 6.45) is 0.574. The minimum Gasteiger partial charge on any atom is -0.487 e. The van der Waals surface area contributed by atoms with E-state index in [9.17, 15) is 8.78 Å². The highest BCUT2D eigenvalue weighted by atomic mass is 19.2. The first-order chi connectivity index (χ1) is 8.04. The molecule has 2 nitrogen and oxygen atoms in total. The summed E-state index contributed by atoms with van der Waals surface area (Å²) in [4.78, 5) is 0. The number of ether oxygens (including phenoxy) is 1. The Morgan fingerprint density at radius 3 is 2.65 bits per heavy atom. The lowest BCUT2D eigenvalue weighted by Crippen LogP contribution is -2.30. The van der Waals surface area contributed by atoms with Gasteiger partial charge in [0, 0.05) is 6.04 Å². The van der Waals surface area contributed by atoms with E-state index in [1.165, 1.54) is 12.1 Å². The van der Waals surface area contributed by atoms with Gasteiger partial charge in [0.1, 0.15) is 0 Å². The number of hydrogen-bond acceptors (Lipinski definition) is 2. The molecule has 1 N–H and O–H groups in total. The minimum atomic E-state index is -0.921. The normalized spacial score (nSPS) is 14.4. The van der Waals surface area contributed by atoms with Crippen LogP contribution in [0.25, 0.3) is 0 Å². The Labute approximate surface area is 101 Å². The molecule has 96 valence electrons. The van der Waals surface area contributed by atoms with Crippen LogP contribution in [0.4, 0.5) is 8.78 Å². The summed E-state index contributed by atoms with van der Waals surface area (Å²) in [6, 6.07) is 4.24. The van der Waals surface area contributed by atoms with Gasteiger partial charge in [-0.3, -0.25) is 0 Å². The Morgan fingerprint density at radius 2 is 2.00 bits per heavy atom. The molecule has 17 heavy (non-hydrogen) atoms. The molecule has 0 radical (unpaired) electrons. The van der Waals surface area contributed by atoms with E-state index in [1.54, 1.807) is 0 Å². The number of halogens is 2. The second-order valence-corrected chi connectivity index (χ2v) is 4.17. The molecule has 0 aliphatic heterocycles. The number of nitrogens with one attached hydrogen (secondary N) is 1. The van der Waals surface area contributed by atoms with Crippen LogP contribution in [-0.4, -0.2) is 18.7 Å². The molecule has 0 amide bonds. The fourth-order valence-corrected chi connectivity index (χ4v) is 1.77. The summed E-state index contributed by atoms with van der Waals surface area (Å²) in [5.74, 6) is -1.83. The Balaban J connectivity index is 2.56. The fraction of sp³-hybridized carbons (Fsp3) is 0.538. The highest BCUT2D eigenvalue weighted by molar-refractivity contribution is 5.25. The average molecular weight is 243 g/mol. The lowest BCUT2D eigenvalue weighted by atomic mass is 10.1. The largest absolute Gasteiger partial charge is 0.487 e. The number of hydrogen-bond donors (Lipinski definition) is 1. The zero-order valence-electron chi connectivity index (χ0n) is 10.5. The van der Waals surface area contributed by atoms with Crippen LogP contribution in [-0.2, 0) is 0 Å². The molecule has 2 atom stereocenters. The van der Waals surface area contributed by atoms with E-state index in [-0.39, 0.29) is 17.9 Å². The van der Waals surface area contributed by atoms with E-state index >= 15 is 0 Å². The van der Waals surface area contributed by atoms with E-state index in [1.807, 2.05) is 20.8 Å². The Kier molecular flexibility index (Phi) is 5.35. The highest BCUT2D eigenvalue weighted by Gasteiger charge is 2.13. The van der Waals surface area contributed by atoms with Gasteiger partial charge < -0.3 is 10.1 Å². The van der Waals surface area contributed by atoms with Crippen molar-refractivity contribution >= 4 is 0 Å². The molecule has 0 aliphatic carbocycles. The molecule has 1 rings (SSSR count). The van der Waals surface area contributed by atoms with Crippen LogP contribution >= 0.6 is 0 Å². The van der Waals surface area contributed by atoms with Crippen LogP contribution in [0.15, 0.2) is 18.2 Å². The molecule has 1 aromatic carbocycles. The summed E-state index contributed by atoms with van der Waals surface area (Å²) >= 11 is 0. The molecule has 0 fully saturated rings. The zero-order valence-corrected chi connectivity index (χ0v) is 10.5. The van der Waals surface area contributed by atoms with Crippen LogP contribution < -0.4 is 10.1 Å². The second kappa shape index (κ2) is 6.55. The molecule has 0 spiro atoms. The van der Waals surface area contributed by atoms with E-state index in [0.29, 0.717) is 0 Å². The third-order valence-electron chi connectivity index (χ3n) is 2.48. The average Bonchev–Trinajstić information content (AvgIpc) is 2.25. The van der Waals surface area contributed by atoms with Crippen LogP contribution in [0.2, 0.25) is 0 Å². The van der Waals surface area contributed by atoms with Gasteiger partial charge in [0.25, 0.3) is 0 Å². The molecular weight excluding hydrogens is 224 g/mol. The van der Waals surface area contributed by atoms with Crippen molar-refractivity contribution < 1.29 is 13.5 Å². The predicted molar refractivity (Wildman–Crippen MR) is 64.2 cm³/mol. The Hall–Kier alpha value is -1.16. The molecule has 0 saturated heterocycles. The molecule has 0 saturated carbocycles. The van der Waals surface area contributed by atoms with E-state index in [2.05, 4.69) is 5.32 Å². The summed E-state index contributed by atoms with van der Waals surface area (Å²) < 4.78 is 31.7. The van der Waals surface area contributed by atoms with Crippen LogP contribution in [0.1, 0.15) is 27.2 Å². The van der Waals surface area contributed by atoms with Gasteiger partial charge in [0.15, 0.2) is 11.6 Å². The summed E-state index contributed by atoms with van der Waals surface area (Å²) in [6.45, 7) is 6.78. The number of rotatable bonds is 6. The maximum Gasteiger partial charge on any atom is 0.200 e. The predicted octanol–water partition coefficient (Wildman–Crippen LogP) is 3.12. The van der Waals surface area contributed by atoms with Gasteiger partial charge in [-0.05, 0) is 38.9 Å². The molecule has 0 aliphatic rings. The van der Waals surface area contributed by atoms with Gasteiger partial charge in [0.2, 0.25) is 5.82 Å². The number of benzene rings is 1. The quantitative estimate of drug-likeness (QED) is 0.828.